The SMILES string of the molecule is COc1cc2oc(-c3ccc(O[C@@H]4O[C@H](COC(C)=O)[C@@H](OC(C)=O)[C@H](OC(C)=O)[C@H]4OC(C)=O)cc3)cc(=O)c2c(O)c1OC. The quantitative estimate of drug-likeness (QED) is 0.250. The molecule has 0 radical (unpaired) electrons. The molecule has 1 aromatic heterocycles. The van der Waals surface area contributed by atoms with Gasteiger partial charge in [0, 0.05) is 45.4 Å². The summed E-state index contributed by atoms with van der Waals surface area (Å²) < 4.78 is 49.5. The van der Waals surface area contributed by atoms with Gasteiger partial charge in [0.15, 0.2) is 29.1 Å². The van der Waals surface area contributed by atoms with Gasteiger partial charge in [-0.2, -0.15) is 0 Å². The van der Waals surface area contributed by atoms with Crippen LogP contribution in [0.3, 0.4) is 0 Å². The number of benzene rings is 2. The average molecular weight is 645 g/mol. The Morgan fingerprint density at radius 3 is 1.98 bits per heavy atom. The molecule has 15 heteroatoms. The number of phenolic OH excluding ortho intramolecular Hbond substituents is 1. The molecule has 0 spiro atoms. The van der Waals surface area contributed by atoms with E-state index in [1.54, 1.807) is 12.1 Å². The first-order valence-electron chi connectivity index (χ1n) is 13.8. The number of hydrogen-bond acceptors (Lipinski definition) is 15. The van der Waals surface area contributed by atoms with E-state index in [2.05, 4.69) is 0 Å². The highest BCUT2D eigenvalue weighted by molar-refractivity contribution is 5.89. The summed E-state index contributed by atoms with van der Waals surface area (Å²) in [6.45, 7) is 4.10. The van der Waals surface area contributed by atoms with E-state index in [-0.39, 0.29) is 34.0 Å². The largest absolute Gasteiger partial charge is 0.504 e. The summed E-state index contributed by atoms with van der Waals surface area (Å²) in [5.41, 5.74) is -0.0369. The Morgan fingerprint density at radius 2 is 1.41 bits per heavy atom. The second-order valence-electron chi connectivity index (χ2n) is 10.0. The Labute approximate surface area is 261 Å². The van der Waals surface area contributed by atoms with Crippen LogP contribution in [0.5, 0.6) is 23.0 Å². The van der Waals surface area contributed by atoms with Gasteiger partial charge in [-0.05, 0) is 24.3 Å². The van der Waals surface area contributed by atoms with Gasteiger partial charge in [-0.25, -0.2) is 0 Å². The molecule has 246 valence electrons. The zero-order valence-electron chi connectivity index (χ0n) is 25.7. The normalized spacial score (nSPS) is 20.7. The predicted octanol–water partition coefficient (Wildman–Crippen LogP) is 2.64. The highest BCUT2D eigenvalue weighted by Gasteiger charge is 2.53. The molecule has 0 unspecified atom stereocenters. The molecule has 4 rings (SSSR count). The molecule has 0 bridgehead atoms. The number of fused-ring (bicyclic) bond motifs is 1. The lowest BCUT2D eigenvalue weighted by Crippen LogP contribution is -2.63. The van der Waals surface area contributed by atoms with Crippen LogP contribution in [0.4, 0.5) is 0 Å². The van der Waals surface area contributed by atoms with Crippen molar-refractivity contribution in [3.8, 4) is 34.3 Å². The van der Waals surface area contributed by atoms with Crippen LogP contribution in [0, 0.1) is 0 Å². The number of carbonyl (C=O) groups excluding carboxylic acids is 4. The number of methoxy groups -OCH3 is 2. The maximum Gasteiger partial charge on any atom is 0.303 e. The molecule has 0 saturated carbocycles. The fraction of sp³-hybridized carbons (Fsp3) is 0.387. The number of aromatic hydroxyl groups is 1. The maximum atomic E-state index is 12.9. The minimum absolute atomic E-state index is 0.0150. The first-order chi connectivity index (χ1) is 21.8. The second-order valence-corrected chi connectivity index (χ2v) is 10.0. The number of phenols is 1. The second kappa shape index (κ2) is 14.2. The molecule has 0 aliphatic carbocycles. The van der Waals surface area contributed by atoms with E-state index in [4.69, 9.17) is 42.3 Å². The molecule has 2 aromatic carbocycles. The number of ether oxygens (including phenoxy) is 8. The van der Waals surface area contributed by atoms with E-state index in [0.717, 1.165) is 27.7 Å². The zero-order chi connectivity index (χ0) is 33.7. The minimum Gasteiger partial charge on any atom is -0.504 e. The van der Waals surface area contributed by atoms with Crippen molar-refractivity contribution in [2.75, 3.05) is 20.8 Å². The van der Waals surface area contributed by atoms with Crippen LogP contribution in [0.2, 0.25) is 0 Å². The van der Waals surface area contributed by atoms with Crippen LogP contribution < -0.4 is 19.6 Å². The number of rotatable bonds is 10. The molecule has 2 heterocycles. The van der Waals surface area contributed by atoms with Gasteiger partial charge in [0.25, 0.3) is 0 Å². The van der Waals surface area contributed by atoms with Crippen molar-refractivity contribution in [2.24, 2.45) is 0 Å². The van der Waals surface area contributed by atoms with E-state index in [1.165, 1.54) is 38.5 Å². The highest BCUT2D eigenvalue weighted by Crippen LogP contribution is 2.42. The molecule has 1 N–H and O–H groups in total. The topological polar surface area (TPSA) is 193 Å². The van der Waals surface area contributed by atoms with E-state index in [1.807, 2.05) is 0 Å². The van der Waals surface area contributed by atoms with E-state index < -0.39 is 72.4 Å². The van der Waals surface area contributed by atoms with Crippen molar-refractivity contribution in [1.29, 1.82) is 0 Å². The van der Waals surface area contributed by atoms with Gasteiger partial charge in [-0.3, -0.25) is 24.0 Å². The van der Waals surface area contributed by atoms with Crippen LogP contribution >= 0.6 is 0 Å². The fourth-order valence-electron chi connectivity index (χ4n) is 4.87. The lowest BCUT2D eigenvalue weighted by molar-refractivity contribution is -0.288. The Balaban J connectivity index is 1.68. The highest BCUT2D eigenvalue weighted by atomic mass is 16.7. The van der Waals surface area contributed by atoms with Gasteiger partial charge < -0.3 is 47.4 Å². The molecule has 0 amide bonds. The third-order valence-electron chi connectivity index (χ3n) is 6.68. The molecule has 1 aliphatic heterocycles. The fourth-order valence-corrected chi connectivity index (χ4v) is 4.87. The van der Waals surface area contributed by atoms with Crippen LogP contribution in [-0.4, -0.2) is 80.5 Å². The summed E-state index contributed by atoms with van der Waals surface area (Å²) in [6, 6.07) is 8.74. The summed E-state index contributed by atoms with van der Waals surface area (Å²) in [4.78, 5) is 60.5. The third-order valence-corrected chi connectivity index (χ3v) is 6.68. The van der Waals surface area contributed by atoms with Crippen molar-refractivity contribution >= 4 is 34.8 Å². The molecule has 15 nitrogen and oxygen atoms in total. The Kier molecular flexibility index (Phi) is 10.4. The molecule has 5 atom stereocenters. The number of esters is 4. The maximum absolute atomic E-state index is 12.9. The Hall–Kier alpha value is -5.31. The van der Waals surface area contributed by atoms with Gasteiger partial charge in [0.1, 0.15) is 35.2 Å². The summed E-state index contributed by atoms with van der Waals surface area (Å²) in [7, 11) is 2.69. The predicted molar refractivity (Wildman–Crippen MR) is 155 cm³/mol. The molecule has 1 aliphatic rings. The lowest BCUT2D eigenvalue weighted by Gasteiger charge is -2.43. The molecule has 1 fully saturated rings. The molecule has 46 heavy (non-hydrogen) atoms. The average Bonchev–Trinajstić information content (AvgIpc) is 2.98. The van der Waals surface area contributed by atoms with Crippen LogP contribution in [-0.2, 0) is 42.9 Å². The summed E-state index contributed by atoms with van der Waals surface area (Å²) in [5.74, 6) is -2.93. The van der Waals surface area contributed by atoms with Gasteiger partial charge in [-0.15, -0.1) is 0 Å². The molecular weight excluding hydrogens is 612 g/mol. The Bertz CT molecular complexity index is 1680. The summed E-state index contributed by atoms with van der Waals surface area (Å²) >= 11 is 0. The van der Waals surface area contributed by atoms with Crippen molar-refractivity contribution in [3.63, 3.8) is 0 Å². The molecular formula is C31H32O15. The zero-order valence-corrected chi connectivity index (χ0v) is 25.7. The van der Waals surface area contributed by atoms with Crippen LogP contribution in [0.25, 0.3) is 22.3 Å². The third kappa shape index (κ3) is 7.48. The van der Waals surface area contributed by atoms with Crippen molar-refractivity contribution in [3.05, 3.63) is 46.6 Å². The number of carbonyl (C=O) groups is 4. The smallest absolute Gasteiger partial charge is 0.303 e. The first-order valence-corrected chi connectivity index (χ1v) is 13.8. The standard InChI is InChI=1S/C31H32O15/c1-14(32)40-13-24-28(41-15(2)33)29(42-16(3)34)30(43-17(4)35)31(46-24)44-19-9-7-18(8-10-19)21-11-20(36)25-22(45-21)12-23(38-5)27(39-6)26(25)37/h7-12,24,28-31,37H,13H2,1-6H3/t24-,28-,29+,30-,31-/m1/s1. The van der Waals surface area contributed by atoms with E-state index >= 15 is 0 Å². The molecule has 3 aromatic rings. The Morgan fingerprint density at radius 1 is 0.804 bits per heavy atom. The van der Waals surface area contributed by atoms with Gasteiger partial charge in [0.2, 0.25) is 18.1 Å². The van der Waals surface area contributed by atoms with E-state index in [0.29, 0.717) is 5.56 Å². The van der Waals surface area contributed by atoms with Crippen LogP contribution in [0.1, 0.15) is 27.7 Å². The van der Waals surface area contributed by atoms with Gasteiger partial charge in [-0.1, -0.05) is 0 Å². The van der Waals surface area contributed by atoms with Crippen molar-refractivity contribution < 1.29 is 66.6 Å². The monoisotopic (exact) mass is 644 g/mol. The summed E-state index contributed by atoms with van der Waals surface area (Å²) in [6.07, 6.45) is -6.77. The van der Waals surface area contributed by atoms with Crippen molar-refractivity contribution in [1.82, 2.24) is 0 Å². The lowest BCUT2D eigenvalue weighted by atomic mass is 9.98. The van der Waals surface area contributed by atoms with E-state index in [9.17, 15) is 29.1 Å². The minimum atomic E-state index is -1.43. The van der Waals surface area contributed by atoms with Crippen molar-refractivity contribution in [2.45, 2.75) is 58.4 Å². The first kappa shape index (κ1) is 33.6. The van der Waals surface area contributed by atoms with Gasteiger partial charge in [0.05, 0.1) is 14.2 Å². The van der Waals surface area contributed by atoms with Gasteiger partial charge >= 0.3 is 23.9 Å². The summed E-state index contributed by atoms with van der Waals surface area (Å²) in [5, 5.41) is 10.5. The van der Waals surface area contributed by atoms with Crippen LogP contribution in [0.15, 0.2) is 45.6 Å². The number of hydrogen-bond donors (Lipinski definition) is 1. The molecule has 1 saturated heterocycles.